The molecule has 0 aromatic heterocycles. The van der Waals surface area contributed by atoms with Crippen LogP contribution in [0.3, 0.4) is 0 Å². The first-order valence-corrected chi connectivity index (χ1v) is 3.89. The quantitative estimate of drug-likeness (QED) is 0.632. The van der Waals surface area contributed by atoms with Gasteiger partial charge in [-0.1, -0.05) is 6.07 Å². The van der Waals surface area contributed by atoms with Gasteiger partial charge in [0.2, 0.25) is 0 Å². The van der Waals surface area contributed by atoms with Gasteiger partial charge in [-0.25, -0.2) is 0 Å². The molecule has 0 bridgehead atoms. The van der Waals surface area contributed by atoms with E-state index in [1.807, 2.05) is 13.0 Å². The Morgan fingerprint density at radius 3 is 2.83 bits per heavy atom. The fourth-order valence-electron chi connectivity index (χ4n) is 1.01. The molecular formula is C9H13NO2. The third-order valence-electron chi connectivity index (χ3n) is 1.73. The van der Waals surface area contributed by atoms with Crippen molar-refractivity contribution in [1.82, 2.24) is 0 Å². The van der Waals surface area contributed by atoms with Crippen molar-refractivity contribution in [2.24, 2.45) is 0 Å². The fraction of sp³-hybridized carbons (Fsp3) is 0.333. The third-order valence-corrected chi connectivity index (χ3v) is 1.73. The molecule has 0 aliphatic rings. The van der Waals surface area contributed by atoms with Crippen LogP contribution in [-0.2, 0) is 0 Å². The lowest BCUT2D eigenvalue weighted by Crippen LogP contribution is -2.06. The number of aliphatic hydroxyl groups excluding tert-OH is 1. The molecule has 1 aromatic rings. The number of phenols is 1. The molecule has 0 unspecified atom stereocenters. The molecule has 3 N–H and O–H groups in total. The second-order valence-corrected chi connectivity index (χ2v) is 2.60. The molecule has 0 heterocycles. The standard InChI is InChI=1S/C9H13NO2/c1-7-8(10-5-6-11)3-2-4-9(7)12/h2-4,10-12H,5-6H2,1H3. The number of nitrogens with one attached hydrogen (secondary N) is 1. The van der Waals surface area contributed by atoms with Gasteiger partial charge in [0.05, 0.1) is 6.61 Å². The van der Waals surface area contributed by atoms with E-state index in [0.717, 1.165) is 11.3 Å². The van der Waals surface area contributed by atoms with Crippen molar-refractivity contribution in [3.05, 3.63) is 23.8 Å². The van der Waals surface area contributed by atoms with Gasteiger partial charge >= 0.3 is 0 Å². The Morgan fingerprint density at radius 1 is 1.42 bits per heavy atom. The number of rotatable bonds is 3. The van der Waals surface area contributed by atoms with Crippen LogP contribution in [0, 0.1) is 6.92 Å². The first-order valence-electron chi connectivity index (χ1n) is 3.89. The van der Waals surface area contributed by atoms with Gasteiger partial charge in [0, 0.05) is 17.8 Å². The average molecular weight is 167 g/mol. The van der Waals surface area contributed by atoms with E-state index < -0.39 is 0 Å². The largest absolute Gasteiger partial charge is 0.508 e. The maximum absolute atomic E-state index is 9.30. The molecule has 12 heavy (non-hydrogen) atoms. The van der Waals surface area contributed by atoms with Crippen LogP contribution in [0.4, 0.5) is 5.69 Å². The Labute approximate surface area is 71.7 Å². The van der Waals surface area contributed by atoms with E-state index in [1.165, 1.54) is 0 Å². The Hall–Kier alpha value is -1.22. The lowest BCUT2D eigenvalue weighted by atomic mass is 10.2. The predicted octanol–water partition coefficient (Wildman–Crippen LogP) is 1.10. The normalized spacial score (nSPS) is 9.83. The van der Waals surface area contributed by atoms with E-state index in [9.17, 15) is 5.11 Å². The number of hydrogen-bond donors (Lipinski definition) is 3. The Balaban J connectivity index is 2.78. The van der Waals surface area contributed by atoms with Crippen LogP contribution in [0.1, 0.15) is 5.56 Å². The SMILES string of the molecule is Cc1c(O)cccc1NCCO. The Kier molecular flexibility index (Phi) is 2.94. The fourth-order valence-corrected chi connectivity index (χ4v) is 1.01. The van der Waals surface area contributed by atoms with Gasteiger partial charge in [0.15, 0.2) is 0 Å². The monoisotopic (exact) mass is 167 g/mol. The van der Waals surface area contributed by atoms with Gasteiger partial charge in [0.25, 0.3) is 0 Å². The molecule has 1 aromatic carbocycles. The van der Waals surface area contributed by atoms with Crippen molar-refractivity contribution in [2.45, 2.75) is 6.92 Å². The van der Waals surface area contributed by atoms with Gasteiger partial charge < -0.3 is 15.5 Å². The summed E-state index contributed by atoms with van der Waals surface area (Å²) < 4.78 is 0. The van der Waals surface area contributed by atoms with E-state index in [-0.39, 0.29) is 12.4 Å². The Bertz CT molecular complexity index is 261. The summed E-state index contributed by atoms with van der Waals surface area (Å²) in [6, 6.07) is 5.27. The van der Waals surface area contributed by atoms with Crippen molar-refractivity contribution in [1.29, 1.82) is 0 Å². The number of benzene rings is 1. The van der Waals surface area contributed by atoms with Crippen LogP contribution in [0.5, 0.6) is 5.75 Å². The smallest absolute Gasteiger partial charge is 0.120 e. The minimum atomic E-state index is 0.0924. The van der Waals surface area contributed by atoms with Gasteiger partial charge in [-0.15, -0.1) is 0 Å². The second-order valence-electron chi connectivity index (χ2n) is 2.60. The topological polar surface area (TPSA) is 52.5 Å². The number of anilines is 1. The summed E-state index contributed by atoms with van der Waals surface area (Å²) in [7, 11) is 0. The molecule has 0 amide bonds. The molecule has 0 spiro atoms. The summed E-state index contributed by atoms with van der Waals surface area (Å²) in [5, 5.41) is 20.9. The highest BCUT2D eigenvalue weighted by molar-refractivity contribution is 5.56. The predicted molar refractivity (Wildman–Crippen MR) is 48.4 cm³/mol. The highest BCUT2D eigenvalue weighted by Crippen LogP contribution is 2.23. The minimum Gasteiger partial charge on any atom is -0.508 e. The average Bonchev–Trinajstić information content (AvgIpc) is 2.08. The maximum atomic E-state index is 9.30. The van der Waals surface area contributed by atoms with E-state index >= 15 is 0 Å². The summed E-state index contributed by atoms with van der Waals surface area (Å²) in [6.07, 6.45) is 0. The molecule has 3 heteroatoms. The zero-order valence-corrected chi connectivity index (χ0v) is 7.04. The highest BCUT2D eigenvalue weighted by Gasteiger charge is 2.00. The van der Waals surface area contributed by atoms with E-state index in [4.69, 9.17) is 5.11 Å². The van der Waals surface area contributed by atoms with Gasteiger partial charge in [-0.05, 0) is 19.1 Å². The van der Waals surface area contributed by atoms with Crippen molar-refractivity contribution in [3.8, 4) is 5.75 Å². The van der Waals surface area contributed by atoms with E-state index in [1.54, 1.807) is 12.1 Å². The number of phenolic OH excluding ortho intramolecular Hbond substituents is 1. The van der Waals surface area contributed by atoms with Crippen molar-refractivity contribution < 1.29 is 10.2 Å². The zero-order valence-electron chi connectivity index (χ0n) is 7.04. The molecule has 66 valence electrons. The molecule has 1 rings (SSSR count). The van der Waals surface area contributed by atoms with Gasteiger partial charge in [0.1, 0.15) is 5.75 Å². The first kappa shape index (κ1) is 8.87. The second kappa shape index (κ2) is 3.97. The highest BCUT2D eigenvalue weighted by atomic mass is 16.3. The summed E-state index contributed by atoms with van der Waals surface area (Å²) in [6.45, 7) is 2.43. The van der Waals surface area contributed by atoms with E-state index in [2.05, 4.69) is 5.32 Å². The van der Waals surface area contributed by atoms with Gasteiger partial charge in [-0.2, -0.15) is 0 Å². The van der Waals surface area contributed by atoms with Crippen LogP contribution in [-0.4, -0.2) is 23.4 Å². The van der Waals surface area contributed by atoms with Crippen LogP contribution in [0.25, 0.3) is 0 Å². The number of aromatic hydroxyl groups is 1. The maximum Gasteiger partial charge on any atom is 0.120 e. The summed E-state index contributed by atoms with van der Waals surface area (Å²) in [5.41, 5.74) is 1.68. The summed E-state index contributed by atoms with van der Waals surface area (Å²) >= 11 is 0. The van der Waals surface area contributed by atoms with Crippen molar-refractivity contribution >= 4 is 5.69 Å². The van der Waals surface area contributed by atoms with Crippen molar-refractivity contribution in [3.63, 3.8) is 0 Å². The van der Waals surface area contributed by atoms with Crippen LogP contribution >= 0.6 is 0 Å². The van der Waals surface area contributed by atoms with Crippen LogP contribution in [0.2, 0.25) is 0 Å². The van der Waals surface area contributed by atoms with Gasteiger partial charge in [-0.3, -0.25) is 0 Å². The lowest BCUT2D eigenvalue weighted by Gasteiger charge is -2.08. The van der Waals surface area contributed by atoms with Crippen molar-refractivity contribution in [2.75, 3.05) is 18.5 Å². The van der Waals surface area contributed by atoms with Crippen LogP contribution in [0.15, 0.2) is 18.2 Å². The molecule has 0 saturated heterocycles. The third kappa shape index (κ3) is 1.89. The number of hydrogen-bond acceptors (Lipinski definition) is 3. The van der Waals surface area contributed by atoms with E-state index in [0.29, 0.717) is 6.54 Å². The summed E-state index contributed by atoms with van der Waals surface area (Å²) in [5.74, 6) is 0.276. The summed E-state index contributed by atoms with van der Waals surface area (Å²) in [4.78, 5) is 0. The minimum absolute atomic E-state index is 0.0924. The molecule has 0 aliphatic carbocycles. The lowest BCUT2D eigenvalue weighted by molar-refractivity contribution is 0.311. The molecule has 0 saturated carbocycles. The number of aliphatic hydroxyl groups is 1. The molecule has 0 atom stereocenters. The molecular weight excluding hydrogens is 154 g/mol. The zero-order chi connectivity index (χ0) is 8.97. The molecule has 0 fully saturated rings. The van der Waals surface area contributed by atoms with Crippen LogP contribution < -0.4 is 5.32 Å². The first-order chi connectivity index (χ1) is 5.75. The molecule has 0 aliphatic heterocycles. The molecule has 3 nitrogen and oxygen atoms in total. The molecule has 0 radical (unpaired) electrons. The Morgan fingerprint density at radius 2 is 2.17 bits per heavy atom.